The van der Waals surface area contributed by atoms with Crippen LogP contribution in [0.5, 0.6) is 0 Å². The van der Waals surface area contributed by atoms with E-state index in [0.717, 1.165) is 6.42 Å². The first-order valence-corrected chi connectivity index (χ1v) is 4.09. The molecule has 3 nitrogen and oxygen atoms in total. The summed E-state index contributed by atoms with van der Waals surface area (Å²) in [5, 5.41) is 18.4. The van der Waals surface area contributed by atoms with E-state index in [4.69, 9.17) is 9.84 Å². The fourth-order valence-electron chi connectivity index (χ4n) is 1.34. The zero-order valence-corrected chi connectivity index (χ0v) is 7.03. The van der Waals surface area contributed by atoms with Crippen molar-refractivity contribution in [2.75, 3.05) is 6.61 Å². The lowest BCUT2D eigenvalue weighted by atomic mass is 10.0. The summed E-state index contributed by atoms with van der Waals surface area (Å²) in [6.45, 7) is 4.42. The molecule has 0 aromatic rings. The summed E-state index contributed by atoms with van der Waals surface area (Å²) in [4.78, 5) is 0. The van der Waals surface area contributed by atoms with Crippen molar-refractivity contribution in [2.24, 2.45) is 5.92 Å². The molecule has 1 fully saturated rings. The fraction of sp³-hybridized carbons (Fsp3) is 1.00. The highest BCUT2D eigenvalue weighted by molar-refractivity contribution is 4.83. The molecule has 11 heavy (non-hydrogen) atoms. The molecular weight excluding hydrogens is 144 g/mol. The Kier molecular flexibility index (Phi) is 2.87. The van der Waals surface area contributed by atoms with Crippen molar-refractivity contribution in [3.63, 3.8) is 0 Å². The van der Waals surface area contributed by atoms with Crippen LogP contribution in [0.4, 0.5) is 0 Å². The predicted molar refractivity (Wildman–Crippen MR) is 41.2 cm³/mol. The smallest absolute Gasteiger partial charge is 0.108 e. The normalized spacial score (nSPS) is 38.5. The monoisotopic (exact) mass is 160 g/mol. The van der Waals surface area contributed by atoms with Crippen LogP contribution in [0.1, 0.15) is 20.3 Å². The quantitative estimate of drug-likeness (QED) is 0.604. The van der Waals surface area contributed by atoms with Crippen LogP contribution in [0, 0.1) is 5.92 Å². The molecular formula is C8H16O3. The minimum atomic E-state index is -0.683. The molecule has 0 aromatic carbocycles. The molecule has 0 spiro atoms. The molecule has 2 N–H and O–H groups in total. The van der Waals surface area contributed by atoms with Crippen molar-refractivity contribution in [2.45, 2.75) is 38.6 Å². The van der Waals surface area contributed by atoms with Gasteiger partial charge in [0.2, 0.25) is 0 Å². The van der Waals surface area contributed by atoms with Gasteiger partial charge in [0.1, 0.15) is 12.2 Å². The average molecular weight is 160 g/mol. The van der Waals surface area contributed by atoms with Gasteiger partial charge in [0.25, 0.3) is 0 Å². The van der Waals surface area contributed by atoms with Gasteiger partial charge in [0.05, 0.1) is 12.7 Å². The average Bonchev–Trinajstić information content (AvgIpc) is 2.18. The molecule has 1 saturated heterocycles. The maximum atomic E-state index is 9.33. The highest BCUT2D eigenvalue weighted by Gasteiger charge is 2.34. The maximum absolute atomic E-state index is 9.33. The van der Waals surface area contributed by atoms with E-state index in [1.54, 1.807) is 0 Å². The molecule has 1 heterocycles. The summed E-state index contributed by atoms with van der Waals surface area (Å²) in [7, 11) is 0. The Hall–Kier alpha value is -0.120. The number of aliphatic hydroxyl groups is 2. The first kappa shape index (κ1) is 8.97. The zero-order valence-electron chi connectivity index (χ0n) is 7.03. The minimum Gasteiger partial charge on any atom is -0.388 e. The Bertz CT molecular complexity index is 125. The Labute approximate surface area is 67.0 Å². The summed E-state index contributed by atoms with van der Waals surface area (Å²) in [5.74, 6) is 0.500. The van der Waals surface area contributed by atoms with Gasteiger partial charge in [-0.15, -0.1) is 0 Å². The Morgan fingerprint density at radius 1 is 1.45 bits per heavy atom. The molecule has 1 aliphatic heterocycles. The topological polar surface area (TPSA) is 49.7 Å². The molecule has 0 bridgehead atoms. The highest BCUT2D eigenvalue weighted by atomic mass is 16.5. The van der Waals surface area contributed by atoms with E-state index in [2.05, 4.69) is 13.8 Å². The molecule has 0 amide bonds. The van der Waals surface area contributed by atoms with Gasteiger partial charge in [0.15, 0.2) is 0 Å². The third kappa shape index (κ3) is 2.15. The summed E-state index contributed by atoms with van der Waals surface area (Å²) in [6.07, 6.45) is -0.709. The summed E-state index contributed by atoms with van der Waals surface area (Å²) in [5.41, 5.74) is 0. The van der Waals surface area contributed by atoms with E-state index < -0.39 is 12.2 Å². The fourth-order valence-corrected chi connectivity index (χ4v) is 1.34. The van der Waals surface area contributed by atoms with Gasteiger partial charge >= 0.3 is 0 Å². The lowest BCUT2D eigenvalue weighted by Crippen LogP contribution is -2.30. The number of aliphatic hydroxyl groups excluding tert-OH is 2. The summed E-state index contributed by atoms with van der Waals surface area (Å²) in [6, 6.07) is 0. The van der Waals surface area contributed by atoms with Gasteiger partial charge in [-0.25, -0.2) is 0 Å². The van der Waals surface area contributed by atoms with Crippen molar-refractivity contribution in [3.8, 4) is 0 Å². The van der Waals surface area contributed by atoms with Crippen molar-refractivity contribution in [1.29, 1.82) is 0 Å². The van der Waals surface area contributed by atoms with Crippen LogP contribution in [0.15, 0.2) is 0 Å². The SMILES string of the molecule is CC(C)C[C@H]1OC[C@@H](O)[C@H]1O. The molecule has 1 rings (SSSR count). The first-order chi connectivity index (χ1) is 5.11. The second-order valence-corrected chi connectivity index (χ2v) is 3.56. The van der Waals surface area contributed by atoms with Gasteiger partial charge in [0, 0.05) is 0 Å². The Morgan fingerprint density at radius 2 is 2.09 bits per heavy atom. The molecule has 0 saturated carbocycles. The lowest BCUT2D eigenvalue weighted by Gasteiger charge is -2.16. The van der Waals surface area contributed by atoms with Crippen LogP contribution in [-0.4, -0.2) is 35.1 Å². The summed E-state index contributed by atoms with van der Waals surface area (Å²) < 4.78 is 5.19. The number of hydrogen-bond acceptors (Lipinski definition) is 3. The second-order valence-electron chi connectivity index (χ2n) is 3.56. The third-order valence-corrected chi connectivity index (χ3v) is 1.96. The number of rotatable bonds is 2. The van der Waals surface area contributed by atoms with Crippen molar-refractivity contribution in [3.05, 3.63) is 0 Å². The van der Waals surface area contributed by atoms with Crippen LogP contribution < -0.4 is 0 Å². The van der Waals surface area contributed by atoms with Gasteiger partial charge in [-0.1, -0.05) is 13.8 Å². The maximum Gasteiger partial charge on any atom is 0.108 e. The molecule has 0 radical (unpaired) electrons. The van der Waals surface area contributed by atoms with Crippen LogP contribution in [-0.2, 0) is 4.74 Å². The van der Waals surface area contributed by atoms with Gasteiger partial charge in [-0.05, 0) is 12.3 Å². The van der Waals surface area contributed by atoms with Gasteiger partial charge < -0.3 is 14.9 Å². The van der Waals surface area contributed by atoms with Crippen LogP contribution >= 0.6 is 0 Å². The molecule has 0 aromatic heterocycles. The standard InChI is InChI=1S/C8H16O3/c1-5(2)3-7-8(10)6(9)4-11-7/h5-10H,3-4H2,1-2H3/t6-,7-,8-/m1/s1. The van der Waals surface area contributed by atoms with Crippen molar-refractivity contribution < 1.29 is 14.9 Å². The van der Waals surface area contributed by atoms with E-state index in [1.165, 1.54) is 0 Å². The van der Waals surface area contributed by atoms with E-state index in [0.29, 0.717) is 5.92 Å². The molecule has 1 aliphatic rings. The lowest BCUT2D eigenvalue weighted by molar-refractivity contribution is 0.0137. The van der Waals surface area contributed by atoms with E-state index in [1.807, 2.05) is 0 Å². The van der Waals surface area contributed by atoms with Crippen molar-refractivity contribution in [1.82, 2.24) is 0 Å². The largest absolute Gasteiger partial charge is 0.388 e. The van der Waals surface area contributed by atoms with Crippen LogP contribution in [0.2, 0.25) is 0 Å². The van der Waals surface area contributed by atoms with Gasteiger partial charge in [-0.3, -0.25) is 0 Å². The van der Waals surface area contributed by atoms with Crippen LogP contribution in [0.25, 0.3) is 0 Å². The minimum absolute atomic E-state index is 0.162. The van der Waals surface area contributed by atoms with Crippen LogP contribution in [0.3, 0.4) is 0 Å². The van der Waals surface area contributed by atoms with E-state index >= 15 is 0 Å². The predicted octanol–water partition coefficient (Wildman–Crippen LogP) is 0.153. The Morgan fingerprint density at radius 3 is 2.45 bits per heavy atom. The molecule has 3 atom stereocenters. The highest BCUT2D eigenvalue weighted by Crippen LogP contribution is 2.20. The third-order valence-electron chi connectivity index (χ3n) is 1.96. The van der Waals surface area contributed by atoms with Crippen molar-refractivity contribution >= 4 is 0 Å². The Balaban J connectivity index is 2.36. The van der Waals surface area contributed by atoms with E-state index in [9.17, 15) is 5.11 Å². The second kappa shape index (κ2) is 3.52. The van der Waals surface area contributed by atoms with Gasteiger partial charge in [-0.2, -0.15) is 0 Å². The molecule has 3 heteroatoms. The number of hydrogen-bond donors (Lipinski definition) is 2. The molecule has 66 valence electrons. The summed E-state index contributed by atoms with van der Waals surface area (Å²) >= 11 is 0. The first-order valence-electron chi connectivity index (χ1n) is 4.09. The van der Waals surface area contributed by atoms with E-state index in [-0.39, 0.29) is 12.7 Å². The molecule has 0 unspecified atom stereocenters. The molecule has 0 aliphatic carbocycles. The zero-order chi connectivity index (χ0) is 8.43. The number of ether oxygens (including phenoxy) is 1.